The molecule has 0 saturated carbocycles. The minimum Gasteiger partial charge on any atom is -0.380 e. The van der Waals surface area contributed by atoms with Crippen molar-refractivity contribution in [3.05, 3.63) is 65.2 Å². The number of methoxy groups -OCH3 is 1. The zero-order valence-corrected chi connectivity index (χ0v) is 18.8. The Morgan fingerprint density at radius 3 is 2.48 bits per heavy atom. The molecule has 2 aromatic rings. The van der Waals surface area contributed by atoms with E-state index in [0.29, 0.717) is 19.1 Å². The van der Waals surface area contributed by atoms with E-state index in [-0.39, 0.29) is 24.0 Å². The number of halogens is 1. The highest BCUT2D eigenvalue weighted by atomic mass is 127. The Bertz CT molecular complexity index is 717. The summed E-state index contributed by atoms with van der Waals surface area (Å²) < 4.78 is 5.22. The van der Waals surface area contributed by atoms with Crippen LogP contribution in [0, 0.1) is 0 Å². The first-order valence-electron chi connectivity index (χ1n) is 9.10. The first-order valence-corrected chi connectivity index (χ1v) is 9.10. The van der Waals surface area contributed by atoms with Gasteiger partial charge in [0.2, 0.25) is 0 Å². The molecule has 148 valence electrons. The lowest BCUT2D eigenvalue weighted by Crippen LogP contribution is -2.23. The molecular formula is C21H31IN4O. The summed E-state index contributed by atoms with van der Waals surface area (Å²) in [5, 5.41) is 3.17. The predicted molar refractivity (Wildman–Crippen MR) is 125 cm³/mol. The summed E-state index contributed by atoms with van der Waals surface area (Å²) in [4.78, 5) is 6.87. The van der Waals surface area contributed by atoms with E-state index in [9.17, 15) is 0 Å². The van der Waals surface area contributed by atoms with Crippen molar-refractivity contribution in [1.82, 2.24) is 4.90 Å². The fraction of sp³-hybridized carbons (Fsp3) is 0.381. The Balaban J connectivity index is 0.00000364. The van der Waals surface area contributed by atoms with Crippen molar-refractivity contribution in [3.8, 4) is 0 Å². The quantitative estimate of drug-likeness (QED) is 0.319. The van der Waals surface area contributed by atoms with Crippen LogP contribution in [0.3, 0.4) is 0 Å². The molecule has 2 rings (SSSR count). The molecule has 0 aliphatic rings. The molecule has 0 bridgehead atoms. The van der Waals surface area contributed by atoms with E-state index in [1.54, 1.807) is 7.11 Å². The average Bonchev–Trinajstić information content (AvgIpc) is 2.66. The van der Waals surface area contributed by atoms with Gasteiger partial charge in [0.25, 0.3) is 0 Å². The van der Waals surface area contributed by atoms with Gasteiger partial charge in [0, 0.05) is 24.9 Å². The molecule has 0 radical (unpaired) electrons. The Kier molecular flexibility index (Phi) is 11.0. The number of para-hydroxylation sites is 1. The number of nitrogens with zero attached hydrogens (tertiary/aromatic N) is 2. The molecule has 0 amide bonds. The second-order valence-electron chi connectivity index (χ2n) is 6.20. The van der Waals surface area contributed by atoms with Crippen LogP contribution in [0.1, 0.15) is 30.5 Å². The second-order valence-corrected chi connectivity index (χ2v) is 6.20. The fourth-order valence-corrected chi connectivity index (χ4v) is 2.81. The van der Waals surface area contributed by atoms with E-state index in [1.165, 1.54) is 5.56 Å². The summed E-state index contributed by atoms with van der Waals surface area (Å²) in [6.45, 7) is 8.52. The molecule has 0 aliphatic heterocycles. The van der Waals surface area contributed by atoms with Crippen molar-refractivity contribution in [3.63, 3.8) is 0 Å². The summed E-state index contributed by atoms with van der Waals surface area (Å²) in [5.41, 5.74) is 10.5. The minimum atomic E-state index is 0. The number of guanidine groups is 1. The summed E-state index contributed by atoms with van der Waals surface area (Å²) in [7, 11) is 1.68. The number of nitrogens with one attached hydrogen (secondary N) is 1. The monoisotopic (exact) mass is 482 g/mol. The summed E-state index contributed by atoms with van der Waals surface area (Å²) in [6, 6.07) is 16.5. The van der Waals surface area contributed by atoms with E-state index < -0.39 is 0 Å². The molecule has 0 spiro atoms. The SMILES string of the molecule is CCN(CC)Cc1cccc(CN=C(N)Nc2ccccc2COC)c1.I. The van der Waals surface area contributed by atoms with Gasteiger partial charge in [-0.1, -0.05) is 56.3 Å². The number of hydrogen-bond donors (Lipinski definition) is 2. The lowest BCUT2D eigenvalue weighted by Gasteiger charge is -2.18. The molecule has 0 aromatic heterocycles. The third-order valence-electron chi connectivity index (χ3n) is 4.30. The highest BCUT2D eigenvalue weighted by molar-refractivity contribution is 14.0. The maximum absolute atomic E-state index is 6.07. The minimum absolute atomic E-state index is 0. The van der Waals surface area contributed by atoms with Gasteiger partial charge < -0.3 is 15.8 Å². The predicted octanol–water partition coefficient (Wildman–Crippen LogP) is 4.22. The summed E-state index contributed by atoms with van der Waals surface area (Å²) in [6.07, 6.45) is 0. The molecule has 0 fully saturated rings. The van der Waals surface area contributed by atoms with Crippen LogP contribution >= 0.6 is 24.0 Å². The zero-order chi connectivity index (χ0) is 18.8. The van der Waals surface area contributed by atoms with Crippen LogP contribution in [-0.4, -0.2) is 31.1 Å². The topological polar surface area (TPSA) is 62.9 Å². The standard InChI is InChI=1S/C21H30N4O.HI/c1-4-25(5-2)15-18-10-8-9-17(13-18)14-23-21(22)24-20-12-7-6-11-19(20)16-26-3;/h6-13H,4-5,14-16H2,1-3H3,(H3,22,23,24);1H. The van der Waals surface area contributed by atoms with Gasteiger partial charge in [0.1, 0.15) is 0 Å². The van der Waals surface area contributed by atoms with Gasteiger partial charge in [-0.15, -0.1) is 24.0 Å². The third-order valence-corrected chi connectivity index (χ3v) is 4.30. The van der Waals surface area contributed by atoms with Crippen LogP contribution in [-0.2, 0) is 24.4 Å². The molecule has 5 nitrogen and oxygen atoms in total. The number of nitrogens with two attached hydrogens (primary N) is 1. The highest BCUT2D eigenvalue weighted by Gasteiger charge is 2.04. The smallest absolute Gasteiger partial charge is 0.193 e. The van der Waals surface area contributed by atoms with Gasteiger partial charge in [-0.2, -0.15) is 0 Å². The van der Waals surface area contributed by atoms with Gasteiger partial charge >= 0.3 is 0 Å². The first kappa shape index (κ1) is 23.4. The van der Waals surface area contributed by atoms with E-state index in [1.807, 2.05) is 24.3 Å². The molecule has 0 heterocycles. The highest BCUT2D eigenvalue weighted by Crippen LogP contribution is 2.15. The number of hydrogen-bond acceptors (Lipinski definition) is 3. The Morgan fingerprint density at radius 2 is 1.78 bits per heavy atom. The molecule has 0 aliphatic carbocycles. The summed E-state index contributed by atoms with van der Waals surface area (Å²) >= 11 is 0. The Hall–Kier alpha value is -1.64. The van der Waals surface area contributed by atoms with Crippen LogP contribution in [0.5, 0.6) is 0 Å². The molecular weight excluding hydrogens is 451 g/mol. The van der Waals surface area contributed by atoms with Gasteiger partial charge in [0.05, 0.1) is 13.2 Å². The molecule has 0 atom stereocenters. The number of aliphatic imine (C=N–C) groups is 1. The fourth-order valence-electron chi connectivity index (χ4n) is 2.81. The maximum atomic E-state index is 6.07. The molecule has 0 saturated heterocycles. The van der Waals surface area contributed by atoms with Crippen molar-refractivity contribution in [2.45, 2.75) is 33.5 Å². The molecule has 2 aromatic carbocycles. The first-order chi connectivity index (χ1) is 12.7. The number of anilines is 1. The zero-order valence-electron chi connectivity index (χ0n) is 16.4. The molecule has 6 heteroatoms. The van der Waals surface area contributed by atoms with Crippen molar-refractivity contribution in [2.75, 3.05) is 25.5 Å². The molecule has 27 heavy (non-hydrogen) atoms. The van der Waals surface area contributed by atoms with Crippen LogP contribution < -0.4 is 11.1 Å². The normalized spacial score (nSPS) is 11.3. The van der Waals surface area contributed by atoms with Crippen LogP contribution in [0.25, 0.3) is 0 Å². The van der Waals surface area contributed by atoms with E-state index >= 15 is 0 Å². The van der Waals surface area contributed by atoms with E-state index in [0.717, 1.165) is 36.4 Å². The lowest BCUT2D eigenvalue weighted by atomic mass is 10.1. The van der Waals surface area contributed by atoms with Crippen molar-refractivity contribution < 1.29 is 4.74 Å². The van der Waals surface area contributed by atoms with Crippen molar-refractivity contribution in [2.24, 2.45) is 10.7 Å². The second kappa shape index (κ2) is 12.7. The third kappa shape index (κ3) is 7.86. The number of ether oxygens (including phenoxy) is 1. The van der Waals surface area contributed by atoms with Gasteiger partial charge in [0.15, 0.2) is 5.96 Å². The van der Waals surface area contributed by atoms with Crippen LogP contribution in [0.2, 0.25) is 0 Å². The average molecular weight is 482 g/mol. The van der Waals surface area contributed by atoms with Gasteiger partial charge in [-0.05, 0) is 30.3 Å². The number of benzene rings is 2. The van der Waals surface area contributed by atoms with E-state index in [4.69, 9.17) is 10.5 Å². The van der Waals surface area contributed by atoms with Gasteiger partial charge in [-0.3, -0.25) is 4.90 Å². The van der Waals surface area contributed by atoms with Crippen LogP contribution in [0.4, 0.5) is 5.69 Å². The number of rotatable bonds is 9. The summed E-state index contributed by atoms with van der Waals surface area (Å²) in [5.74, 6) is 0.405. The van der Waals surface area contributed by atoms with Crippen molar-refractivity contribution in [1.29, 1.82) is 0 Å². The van der Waals surface area contributed by atoms with Crippen LogP contribution in [0.15, 0.2) is 53.5 Å². The molecule has 3 N–H and O–H groups in total. The lowest BCUT2D eigenvalue weighted by molar-refractivity contribution is 0.185. The molecule has 0 unspecified atom stereocenters. The largest absolute Gasteiger partial charge is 0.380 e. The Labute approximate surface area is 180 Å². The maximum Gasteiger partial charge on any atom is 0.193 e. The Morgan fingerprint density at radius 1 is 1.07 bits per heavy atom. The van der Waals surface area contributed by atoms with Crippen molar-refractivity contribution >= 4 is 35.6 Å². The van der Waals surface area contributed by atoms with E-state index in [2.05, 4.69) is 53.3 Å². The van der Waals surface area contributed by atoms with Gasteiger partial charge in [-0.25, -0.2) is 4.99 Å².